The van der Waals surface area contributed by atoms with Gasteiger partial charge in [-0.25, -0.2) is 9.48 Å². The number of pyridine rings is 1. The molecule has 2 rings (SSSR count). The lowest BCUT2D eigenvalue weighted by Crippen LogP contribution is -2.32. The van der Waals surface area contributed by atoms with E-state index in [-0.39, 0.29) is 24.7 Å². The van der Waals surface area contributed by atoms with Crippen LogP contribution in [0.25, 0.3) is 5.65 Å². The molecule has 1 amide bonds. The van der Waals surface area contributed by atoms with Crippen LogP contribution < -0.4 is 11.0 Å². The molecule has 0 saturated heterocycles. The lowest BCUT2D eigenvalue weighted by molar-refractivity contribution is -0.121. The summed E-state index contributed by atoms with van der Waals surface area (Å²) in [5.74, 6) is 1.94. The third-order valence-electron chi connectivity index (χ3n) is 2.17. The summed E-state index contributed by atoms with van der Waals surface area (Å²) in [5, 5.41) is 6.48. The van der Waals surface area contributed by atoms with Crippen LogP contribution in [0.15, 0.2) is 29.2 Å². The van der Waals surface area contributed by atoms with Crippen LogP contribution in [0.3, 0.4) is 0 Å². The lowest BCUT2D eigenvalue weighted by Gasteiger charge is -1.99. The summed E-state index contributed by atoms with van der Waals surface area (Å²) in [4.78, 5) is 23.2. The second-order valence-electron chi connectivity index (χ2n) is 3.35. The van der Waals surface area contributed by atoms with Crippen LogP contribution in [0.1, 0.15) is 0 Å². The van der Waals surface area contributed by atoms with Gasteiger partial charge in [0, 0.05) is 6.20 Å². The second-order valence-corrected chi connectivity index (χ2v) is 3.35. The molecule has 0 bridgehead atoms. The zero-order chi connectivity index (χ0) is 12.3. The summed E-state index contributed by atoms with van der Waals surface area (Å²) in [7, 11) is 0. The smallest absolute Gasteiger partial charge is 0.344 e. The van der Waals surface area contributed by atoms with Gasteiger partial charge in [0.2, 0.25) is 5.91 Å². The highest BCUT2D eigenvalue weighted by atomic mass is 16.2. The van der Waals surface area contributed by atoms with E-state index in [0.717, 1.165) is 4.68 Å². The fraction of sp³-hybridized carbons (Fsp3) is 0.182. The third-order valence-corrected chi connectivity index (χ3v) is 2.17. The molecular weight excluding hydrogens is 220 g/mol. The second kappa shape index (κ2) is 4.53. The minimum atomic E-state index is -0.351. The van der Waals surface area contributed by atoms with E-state index < -0.39 is 0 Å². The average Bonchev–Trinajstić information content (AvgIpc) is 2.64. The molecule has 2 aromatic rings. The van der Waals surface area contributed by atoms with Crippen LogP contribution >= 0.6 is 0 Å². The summed E-state index contributed by atoms with van der Waals surface area (Å²) in [6.07, 6.45) is 6.61. The van der Waals surface area contributed by atoms with Crippen molar-refractivity contribution in [1.29, 1.82) is 0 Å². The Balaban J connectivity index is 2.25. The number of terminal acetylenes is 1. The van der Waals surface area contributed by atoms with E-state index >= 15 is 0 Å². The van der Waals surface area contributed by atoms with Gasteiger partial charge in [0.15, 0.2) is 5.65 Å². The average molecular weight is 230 g/mol. The molecule has 0 saturated carbocycles. The molecule has 0 aromatic carbocycles. The van der Waals surface area contributed by atoms with E-state index in [4.69, 9.17) is 6.42 Å². The monoisotopic (exact) mass is 230 g/mol. The fourth-order valence-electron chi connectivity index (χ4n) is 1.41. The SMILES string of the molecule is C#CCNC(=O)Cn1nc2ccccn2c1=O. The van der Waals surface area contributed by atoms with Crippen molar-refractivity contribution in [2.24, 2.45) is 0 Å². The van der Waals surface area contributed by atoms with Crippen LogP contribution in [0.2, 0.25) is 0 Å². The van der Waals surface area contributed by atoms with Crippen molar-refractivity contribution in [3.63, 3.8) is 0 Å². The van der Waals surface area contributed by atoms with Gasteiger partial charge in [-0.1, -0.05) is 12.0 Å². The molecule has 86 valence electrons. The normalized spacial score (nSPS) is 10.1. The van der Waals surface area contributed by atoms with E-state index in [1.54, 1.807) is 24.4 Å². The van der Waals surface area contributed by atoms with Gasteiger partial charge in [0.05, 0.1) is 6.54 Å². The van der Waals surface area contributed by atoms with Crippen molar-refractivity contribution in [2.45, 2.75) is 6.54 Å². The van der Waals surface area contributed by atoms with E-state index in [1.807, 2.05) is 0 Å². The Bertz CT molecular complexity index is 647. The topological polar surface area (TPSA) is 68.4 Å². The zero-order valence-electron chi connectivity index (χ0n) is 8.96. The first-order valence-corrected chi connectivity index (χ1v) is 4.97. The van der Waals surface area contributed by atoms with E-state index in [2.05, 4.69) is 16.3 Å². The molecular formula is C11H10N4O2. The molecule has 6 heteroatoms. The fourth-order valence-corrected chi connectivity index (χ4v) is 1.41. The van der Waals surface area contributed by atoms with Gasteiger partial charge in [0.1, 0.15) is 6.54 Å². The number of nitrogens with one attached hydrogen (secondary N) is 1. The van der Waals surface area contributed by atoms with Crippen molar-refractivity contribution in [3.05, 3.63) is 34.9 Å². The van der Waals surface area contributed by atoms with Gasteiger partial charge in [0.25, 0.3) is 0 Å². The molecule has 17 heavy (non-hydrogen) atoms. The molecule has 0 unspecified atom stereocenters. The predicted octanol–water partition coefficient (Wildman–Crippen LogP) is -0.755. The molecule has 6 nitrogen and oxygen atoms in total. The summed E-state index contributed by atoms with van der Waals surface area (Å²) in [5.41, 5.74) is 0.152. The summed E-state index contributed by atoms with van der Waals surface area (Å²) < 4.78 is 2.47. The van der Waals surface area contributed by atoms with Crippen LogP contribution in [0.5, 0.6) is 0 Å². The van der Waals surface area contributed by atoms with Crippen molar-refractivity contribution in [1.82, 2.24) is 19.5 Å². The Morgan fingerprint density at radius 1 is 1.53 bits per heavy atom. The Kier molecular flexibility index (Phi) is 2.92. The maximum Gasteiger partial charge on any atom is 0.350 e. The van der Waals surface area contributed by atoms with Gasteiger partial charge in [-0.3, -0.25) is 9.20 Å². The van der Waals surface area contributed by atoms with Gasteiger partial charge in [-0.15, -0.1) is 11.5 Å². The van der Waals surface area contributed by atoms with Crippen molar-refractivity contribution in [3.8, 4) is 12.3 Å². The van der Waals surface area contributed by atoms with E-state index in [1.165, 1.54) is 4.40 Å². The molecule has 0 fully saturated rings. The number of rotatable bonds is 3. The van der Waals surface area contributed by atoms with Crippen LogP contribution in [-0.2, 0) is 11.3 Å². The Morgan fingerprint density at radius 2 is 2.35 bits per heavy atom. The lowest BCUT2D eigenvalue weighted by atomic mass is 10.5. The Hall–Kier alpha value is -2.55. The number of carbonyl (C=O) groups is 1. The predicted molar refractivity (Wildman–Crippen MR) is 61.3 cm³/mol. The number of amides is 1. The highest BCUT2D eigenvalue weighted by molar-refractivity contribution is 5.75. The van der Waals surface area contributed by atoms with Gasteiger partial charge in [-0.05, 0) is 12.1 Å². The summed E-state index contributed by atoms with van der Waals surface area (Å²) in [6.45, 7) is 0.00312. The highest BCUT2D eigenvalue weighted by Gasteiger charge is 2.09. The van der Waals surface area contributed by atoms with E-state index in [0.29, 0.717) is 5.65 Å². The van der Waals surface area contributed by atoms with Gasteiger partial charge < -0.3 is 5.32 Å². The molecule has 0 aliphatic rings. The molecule has 0 spiro atoms. The molecule has 0 aliphatic heterocycles. The molecule has 0 atom stereocenters. The minimum absolute atomic E-state index is 0.137. The molecule has 1 N–H and O–H groups in total. The Morgan fingerprint density at radius 3 is 3.06 bits per heavy atom. The zero-order valence-corrected chi connectivity index (χ0v) is 8.96. The largest absolute Gasteiger partial charge is 0.350 e. The number of fused-ring (bicyclic) bond motifs is 1. The maximum atomic E-state index is 11.8. The van der Waals surface area contributed by atoms with Gasteiger partial charge >= 0.3 is 5.69 Å². The highest BCUT2D eigenvalue weighted by Crippen LogP contribution is 1.94. The maximum absolute atomic E-state index is 11.8. The summed E-state index contributed by atoms with van der Waals surface area (Å²) in [6, 6.07) is 5.18. The number of aromatic nitrogens is 3. The third kappa shape index (κ3) is 2.18. The number of nitrogens with zero attached hydrogens (tertiary/aromatic N) is 3. The first-order chi connectivity index (χ1) is 8.22. The minimum Gasteiger partial charge on any atom is -0.344 e. The molecule has 0 radical (unpaired) electrons. The van der Waals surface area contributed by atoms with Crippen molar-refractivity contribution >= 4 is 11.6 Å². The number of carbonyl (C=O) groups excluding carboxylic acids is 1. The molecule has 2 aromatic heterocycles. The summed E-state index contributed by atoms with van der Waals surface area (Å²) >= 11 is 0. The number of hydrogen-bond donors (Lipinski definition) is 1. The van der Waals surface area contributed by atoms with Crippen LogP contribution in [0, 0.1) is 12.3 Å². The van der Waals surface area contributed by atoms with Crippen molar-refractivity contribution < 1.29 is 4.79 Å². The first-order valence-electron chi connectivity index (χ1n) is 4.97. The standard InChI is InChI=1S/C11H10N4O2/c1-2-6-12-10(16)8-15-11(17)14-7-4-3-5-9(14)13-15/h1,3-5,7H,6,8H2,(H,12,16). The van der Waals surface area contributed by atoms with Crippen LogP contribution in [0.4, 0.5) is 0 Å². The van der Waals surface area contributed by atoms with Crippen molar-refractivity contribution in [2.75, 3.05) is 6.54 Å². The van der Waals surface area contributed by atoms with Crippen LogP contribution in [-0.4, -0.2) is 26.6 Å². The Labute approximate surface area is 96.9 Å². The van der Waals surface area contributed by atoms with E-state index in [9.17, 15) is 9.59 Å². The molecule has 0 aliphatic carbocycles. The molecule has 2 heterocycles. The quantitative estimate of drug-likeness (QED) is 0.705. The first kappa shape index (κ1) is 11.0. The number of hydrogen-bond acceptors (Lipinski definition) is 3. The van der Waals surface area contributed by atoms with Gasteiger partial charge in [-0.2, -0.15) is 0 Å².